The van der Waals surface area contributed by atoms with E-state index in [1.807, 2.05) is 5.32 Å². The second-order valence-electron chi connectivity index (χ2n) is 4.33. The molecule has 0 radical (unpaired) electrons. The van der Waals surface area contributed by atoms with Gasteiger partial charge in [-0.05, 0) is 19.1 Å². The Kier molecular flexibility index (Phi) is 4.65. The number of pyridine rings is 1. The third kappa shape index (κ3) is 3.53. The molecule has 0 bridgehead atoms. The van der Waals surface area contributed by atoms with Gasteiger partial charge in [0, 0.05) is 17.3 Å². The molecule has 0 spiro atoms. The summed E-state index contributed by atoms with van der Waals surface area (Å²) < 4.78 is 44.3. The molecule has 5 nitrogen and oxygen atoms in total. The number of hydrogen-bond donors (Lipinski definition) is 1. The Morgan fingerprint density at radius 1 is 1.41 bits per heavy atom. The third-order valence-corrected chi connectivity index (χ3v) is 3.58. The van der Waals surface area contributed by atoms with Crippen molar-refractivity contribution in [2.24, 2.45) is 0 Å². The molecule has 0 aromatic carbocycles. The monoisotopic (exact) mass is 331 g/mol. The van der Waals surface area contributed by atoms with Crippen LogP contribution in [-0.2, 0) is 0 Å². The standard InChI is InChI=1S/C13H12F3N3O2S/c1-7-3-4-8(11(18-7)21-2)10(20)19-9(13(14,15)16)12-17-5-6-22-12/h3-6,9H,1-2H3,(H,19,20). The largest absolute Gasteiger partial charge is 0.480 e. The van der Waals surface area contributed by atoms with E-state index in [9.17, 15) is 18.0 Å². The van der Waals surface area contributed by atoms with Crippen molar-refractivity contribution in [1.29, 1.82) is 0 Å². The minimum absolute atomic E-state index is 0.0300. The number of nitrogens with zero attached hydrogens (tertiary/aromatic N) is 2. The quantitative estimate of drug-likeness (QED) is 0.936. The first kappa shape index (κ1) is 16.2. The van der Waals surface area contributed by atoms with Gasteiger partial charge < -0.3 is 10.1 Å². The summed E-state index contributed by atoms with van der Waals surface area (Å²) in [4.78, 5) is 19.7. The summed E-state index contributed by atoms with van der Waals surface area (Å²) in [5.41, 5.74) is 0.514. The van der Waals surface area contributed by atoms with Gasteiger partial charge in [0.15, 0.2) is 6.04 Å². The highest BCUT2D eigenvalue weighted by Gasteiger charge is 2.44. The zero-order valence-electron chi connectivity index (χ0n) is 11.6. The minimum atomic E-state index is -4.65. The van der Waals surface area contributed by atoms with Crippen LogP contribution in [0.1, 0.15) is 27.1 Å². The third-order valence-electron chi connectivity index (χ3n) is 2.74. The number of carbonyl (C=O) groups excluding carboxylic acids is 1. The molecule has 0 saturated heterocycles. The highest BCUT2D eigenvalue weighted by molar-refractivity contribution is 7.09. The van der Waals surface area contributed by atoms with Gasteiger partial charge in [-0.3, -0.25) is 4.79 Å². The SMILES string of the molecule is COc1nc(C)ccc1C(=O)NC(c1nccs1)C(F)(F)F. The topological polar surface area (TPSA) is 64.1 Å². The maximum absolute atomic E-state index is 13.1. The van der Waals surface area contributed by atoms with Gasteiger partial charge in [-0.2, -0.15) is 13.2 Å². The molecule has 1 unspecified atom stereocenters. The van der Waals surface area contributed by atoms with Crippen LogP contribution in [0.5, 0.6) is 5.88 Å². The summed E-state index contributed by atoms with van der Waals surface area (Å²) in [7, 11) is 1.29. The molecular formula is C13H12F3N3O2S. The molecule has 9 heteroatoms. The zero-order chi connectivity index (χ0) is 16.3. The van der Waals surface area contributed by atoms with Crippen LogP contribution < -0.4 is 10.1 Å². The second-order valence-corrected chi connectivity index (χ2v) is 5.25. The Balaban J connectivity index is 2.29. The molecule has 0 fully saturated rings. The summed E-state index contributed by atoms with van der Waals surface area (Å²) in [5.74, 6) is -0.959. The van der Waals surface area contributed by atoms with Crippen LogP contribution in [0.25, 0.3) is 0 Å². The number of aromatic nitrogens is 2. The molecule has 0 aliphatic heterocycles. The fraction of sp³-hybridized carbons (Fsp3) is 0.308. The van der Waals surface area contributed by atoms with E-state index in [1.54, 1.807) is 6.92 Å². The van der Waals surface area contributed by atoms with Gasteiger partial charge >= 0.3 is 6.18 Å². The molecule has 2 aromatic heterocycles. The van der Waals surface area contributed by atoms with E-state index in [1.165, 1.54) is 30.8 Å². The van der Waals surface area contributed by atoms with Crippen molar-refractivity contribution >= 4 is 17.2 Å². The molecule has 0 aliphatic carbocycles. The van der Waals surface area contributed by atoms with Crippen molar-refractivity contribution < 1.29 is 22.7 Å². The number of nitrogens with one attached hydrogen (secondary N) is 1. The van der Waals surface area contributed by atoms with Gasteiger partial charge in [0.05, 0.1) is 7.11 Å². The minimum Gasteiger partial charge on any atom is -0.480 e. The number of alkyl halides is 3. The summed E-state index contributed by atoms with van der Waals surface area (Å²) in [6.07, 6.45) is -3.40. The Morgan fingerprint density at radius 3 is 2.68 bits per heavy atom. The molecule has 0 aliphatic rings. The van der Waals surface area contributed by atoms with Crippen molar-refractivity contribution in [1.82, 2.24) is 15.3 Å². The lowest BCUT2D eigenvalue weighted by atomic mass is 10.2. The maximum atomic E-state index is 13.1. The highest BCUT2D eigenvalue weighted by atomic mass is 32.1. The van der Waals surface area contributed by atoms with Crippen LogP contribution in [0.4, 0.5) is 13.2 Å². The molecule has 1 N–H and O–H groups in total. The number of methoxy groups -OCH3 is 1. The normalized spacial score (nSPS) is 12.8. The summed E-state index contributed by atoms with van der Waals surface area (Å²) >= 11 is 0.815. The van der Waals surface area contributed by atoms with Gasteiger partial charge in [-0.1, -0.05) is 0 Å². The fourth-order valence-electron chi connectivity index (χ4n) is 1.73. The smallest absolute Gasteiger partial charge is 0.415 e. The van der Waals surface area contributed by atoms with Crippen molar-refractivity contribution in [3.63, 3.8) is 0 Å². The average molecular weight is 331 g/mol. The Morgan fingerprint density at radius 2 is 2.14 bits per heavy atom. The number of halogens is 3. The number of ether oxygens (including phenoxy) is 1. The molecule has 1 atom stereocenters. The van der Waals surface area contributed by atoms with Crippen LogP contribution >= 0.6 is 11.3 Å². The lowest BCUT2D eigenvalue weighted by Crippen LogP contribution is -2.38. The number of thiazole rings is 1. The van der Waals surface area contributed by atoms with E-state index >= 15 is 0 Å². The number of aryl methyl sites for hydroxylation is 1. The molecule has 22 heavy (non-hydrogen) atoms. The fourth-order valence-corrected chi connectivity index (χ4v) is 2.44. The van der Waals surface area contributed by atoms with Crippen molar-refractivity contribution in [3.05, 3.63) is 40.0 Å². The van der Waals surface area contributed by atoms with Gasteiger partial charge in [-0.25, -0.2) is 9.97 Å². The Labute approximate surface area is 128 Å². The zero-order valence-corrected chi connectivity index (χ0v) is 12.5. The molecule has 118 valence electrons. The molecular weight excluding hydrogens is 319 g/mol. The Hall–Kier alpha value is -2.16. The lowest BCUT2D eigenvalue weighted by Gasteiger charge is -2.20. The molecule has 2 rings (SSSR count). The Bertz CT molecular complexity index is 659. The first-order valence-corrected chi connectivity index (χ1v) is 6.99. The van der Waals surface area contributed by atoms with Gasteiger partial charge in [-0.15, -0.1) is 11.3 Å². The van der Waals surface area contributed by atoms with E-state index in [2.05, 4.69) is 9.97 Å². The van der Waals surface area contributed by atoms with E-state index < -0.39 is 18.1 Å². The number of rotatable bonds is 4. The lowest BCUT2D eigenvalue weighted by molar-refractivity contribution is -0.155. The van der Waals surface area contributed by atoms with E-state index in [0.717, 1.165) is 11.3 Å². The maximum Gasteiger partial charge on any atom is 0.415 e. The second kappa shape index (κ2) is 6.30. The summed E-state index contributed by atoms with van der Waals surface area (Å²) in [5, 5.41) is 3.11. The van der Waals surface area contributed by atoms with Crippen LogP contribution in [-0.4, -0.2) is 29.2 Å². The molecule has 2 heterocycles. The van der Waals surface area contributed by atoms with E-state index in [0.29, 0.717) is 5.69 Å². The first-order valence-electron chi connectivity index (χ1n) is 6.11. The summed E-state index contributed by atoms with van der Waals surface area (Å²) in [6, 6.07) is 0.709. The number of hydrogen-bond acceptors (Lipinski definition) is 5. The van der Waals surface area contributed by atoms with Crippen molar-refractivity contribution in [3.8, 4) is 5.88 Å². The van der Waals surface area contributed by atoms with E-state index in [-0.39, 0.29) is 16.5 Å². The van der Waals surface area contributed by atoms with E-state index in [4.69, 9.17) is 4.74 Å². The highest BCUT2D eigenvalue weighted by Crippen LogP contribution is 2.34. The van der Waals surface area contributed by atoms with Crippen LogP contribution in [0.2, 0.25) is 0 Å². The molecule has 0 saturated carbocycles. The van der Waals surface area contributed by atoms with Crippen molar-refractivity contribution in [2.75, 3.05) is 7.11 Å². The summed E-state index contributed by atoms with van der Waals surface area (Å²) in [6.45, 7) is 1.68. The van der Waals surface area contributed by atoms with Gasteiger partial charge in [0.1, 0.15) is 10.6 Å². The first-order chi connectivity index (χ1) is 10.3. The van der Waals surface area contributed by atoms with Crippen LogP contribution in [0.3, 0.4) is 0 Å². The molecule has 2 aromatic rings. The predicted octanol–water partition coefficient (Wildman–Crippen LogP) is 2.89. The number of carbonyl (C=O) groups is 1. The van der Waals surface area contributed by atoms with Crippen molar-refractivity contribution in [2.45, 2.75) is 19.1 Å². The average Bonchev–Trinajstić information content (AvgIpc) is 2.96. The molecule has 1 amide bonds. The van der Waals surface area contributed by atoms with Crippen LogP contribution in [0, 0.1) is 6.92 Å². The van der Waals surface area contributed by atoms with Gasteiger partial charge in [0.25, 0.3) is 5.91 Å². The predicted molar refractivity (Wildman–Crippen MR) is 73.9 cm³/mol. The van der Waals surface area contributed by atoms with Gasteiger partial charge in [0.2, 0.25) is 5.88 Å². The number of amides is 1. The van der Waals surface area contributed by atoms with Crippen LogP contribution in [0.15, 0.2) is 23.7 Å².